The lowest BCUT2D eigenvalue weighted by Gasteiger charge is -2.30. The maximum Gasteiger partial charge on any atom is 0.0705 e. The van der Waals surface area contributed by atoms with Crippen LogP contribution in [0.25, 0.3) is 10.9 Å². The quantitative estimate of drug-likeness (QED) is 0.656. The summed E-state index contributed by atoms with van der Waals surface area (Å²) in [4.78, 5) is 4.42. The zero-order chi connectivity index (χ0) is 14.8. The maximum atomic E-state index is 5.77. The van der Waals surface area contributed by atoms with E-state index in [0.29, 0.717) is 5.92 Å². The number of nitrogens with two attached hydrogens (primary N) is 1. The normalized spacial score (nSPS) is 15.2. The van der Waals surface area contributed by atoms with E-state index in [0.717, 1.165) is 17.3 Å². The Hall–Kier alpha value is -1.45. The van der Waals surface area contributed by atoms with Crippen LogP contribution in [0.5, 0.6) is 0 Å². The van der Waals surface area contributed by atoms with Gasteiger partial charge in [0.1, 0.15) is 0 Å². The number of hydrazine groups is 1. The van der Waals surface area contributed by atoms with Gasteiger partial charge in [0, 0.05) is 17.6 Å². The first kappa shape index (κ1) is 14.9. The average molecular weight is 271 g/mol. The van der Waals surface area contributed by atoms with Gasteiger partial charge in [-0.3, -0.25) is 16.3 Å². The average Bonchev–Trinajstić information content (AvgIpc) is 2.43. The number of nitrogens with zero attached hydrogens (tertiary/aromatic N) is 1. The summed E-state index contributed by atoms with van der Waals surface area (Å²) in [7, 11) is 0. The topological polar surface area (TPSA) is 50.9 Å². The highest BCUT2D eigenvalue weighted by molar-refractivity contribution is 5.78. The molecule has 1 aromatic carbocycles. The fourth-order valence-electron chi connectivity index (χ4n) is 2.31. The molecule has 0 saturated carbocycles. The van der Waals surface area contributed by atoms with Gasteiger partial charge in [-0.25, -0.2) is 0 Å². The van der Waals surface area contributed by atoms with Gasteiger partial charge in [-0.1, -0.05) is 45.9 Å². The summed E-state index contributed by atoms with van der Waals surface area (Å²) in [6, 6.07) is 10.6. The van der Waals surface area contributed by atoms with Crippen LogP contribution in [0.1, 0.15) is 45.7 Å². The molecule has 2 rings (SSSR count). The molecule has 3 N–H and O–H groups in total. The molecule has 0 saturated heterocycles. The predicted molar refractivity (Wildman–Crippen MR) is 85.0 cm³/mol. The van der Waals surface area contributed by atoms with E-state index in [-0.39, 0.29) is 11.5 Å². The van der Waals surface area contributed by atoms with Gasteiger partial charge < -0.3 is 0 Å². The van der Waals surface area contributed by atoms with Gasteiger partial charge in [0.15, 0.2) is 0 Å². The van der Waals surface area contributed by atoms with Crippen LogP contribution < -0.4 is 11.3 Å². The summed E-state index contributed by atoms with van der Waals surface area (Å²) in [5, 5.41) is 1.16. The monoisotopic (exact) mass is 271 g/mol. The Morgan fingerprint density at radius 2 is 2.00 bits per heavy atom. The smallest absolute Gasteiger partial charge is 0.0705 e. The Morgan fingerprint density at radius 1 is 1.25 bits per heavy atom. The summed E-state index contributed by atoms with van der Waals surface area (Å²) >= 11 is 0. The zero-order valence-corrected chi connectivity index (χ0v) is 12.9. The second-order valence-corrected chi connectivity index (χ2v) is 6.68. The van der Waals surface area contributed by atoms with Crippen LogP contribution in [0, 0.1) is 11.3 Å². The largest absolute Gasteiger partial charge is 0.271 e. The van der Waals surface area contributed by atoms with Crippen molar-refractivity contribution in [2.24, 2.45) is 17.2 Å². The third kappa shape index (κ3) is 3.35. The third-order valence-corrected chi connectivity index (χ3v) is 4.30. The van der Waals surface area contributed by atoms with Crippen molar-refractivity contribution in [3.8, 4) is 0 Å². The van der Waals surface area contributed by atoms with Gasteiger partial charge in [0.2, 0.25) is 0 Å². The molecule has 20 heavy (non-hydrogen) atoms. The minimum Gasteiger partial charge on any atom is -0.271 e. The minimum absolute atomic E-state index is 0.163. The summed E-state index contributed by atoms with van der Waals surface area (Å²) < 4.78 is 0. The molecule has 2 unspecified atom stereocenters. The molecule has 0 spiro atoms. The van der Waals surface area contributed by atoms with Crippen molar-refractivity contribution in [3.05, 3.63) is 42.1 Å². The van der Waals surface area contributed by atoms with Crippen LogP contribution in [0.15, 0.2) is 36.5 Å². The van der Waals surface area contributed by atoms with E-state index in [2.05, 4.69) is 62.4 Å². The highest BCUT2D eigenvalue weighted by Gasteiger charge is 2.24. The van der Waals surface area contributed by atoms with Crippen molar-refractivity contribution in [1.29, 1.82) is 0 Å². The van der Waals surface area contributed by atoms with Gasteiger partial charge in [-0.05, 0) is 35.4 Å². The second-order valence-electron chi connectivity index (χ2n) is 6.68. The Labute approximate surface area is 121 Å². The molecule has 0 amide bonds. The van der Waals surface area contributed by atoms with E-state index in [1.165, 1.54) is 5.56 Å². The lowest BCUT2D eigenvalue weighted by atomic mass is 9.77. The highest BCUT2D eigenvalue weighted by atomic mass is 15.2. The first-order valence-electron chi connectivity index (χ1n) is 7.22. The van der Waals surface area contributed by atoms with Gasteiger partial charge in [-0.2, -0.15) is 0 Å². The summed E-state index contributed by atoms with van der Waals surface area (Å²) in [5.74, 6) is 6.34. The first-order valence-corrected chi connectivity index (χ1v) is 7.22. The lowest BCUT2D eigenvalue weighted by Crippen LogP contribution is -2.31. The molecule has 3 nitrogen and oxygen atoms in total. The molecule has 0 fully saturated rings. The molecule has 1 heterocycles. The minimum atomic E-state index is 0.163. The Morgan fingerprint density at radius 3 is 2.65 bits per heavy atom. The molecule has 0 aliphatic heterocycles. The summed E-state index contributed by atoms with van der Waals surface area (Å²) in [6.45, 7) is 9.09. The molecular weight excluding hydrogens is 246 g/mol. The fraction of sp³-hybridized carbons (Fsp3) is 0.471. The third-order valence-electron chi connectivity index (χ3n) is 4.30. The number of aromatic nitrogens is 1. The number of fused-ring (bicyclic) bond motifs is 1. The van der Waals surface area contributed by atoms with Crippen LogP contribution in [-0.2, 0) is 0 Å². The fourth-order valence-corrected chi connectivity index (χ4v) is 2.31. The molecule has 2 aromatic rings. The zero-order valence-electron chi connectivity index (χ0n) is 12.9. The van der Waals surface area contributed by atoms with Crippen LogP contribution in [0.2, 0.25) is 0 Å². The molecule has 108 valence electrons. The maximum absolute atomic E-state index is 5.77. The molecule has 0 aliphatic rings. The van der Waals surface area contributed by atoms with Crippen molar-refractivity contribution >= 4 is 10.9 Å². The van der Waals surface area contributed by atoms with E-state index in [4.69, 9.17) is 5.84 Å². The van der Waals surface area contributed by atoms with Crippen molar-refractivity contribution in [1.82, 2.24) is 10.4 Å². The number of nitrogens with one attached hydrogen (secondary N) is 1. The van der Waals surface area contributed by atoms with E-state index in [1.54, 1.807) is 0 Å². The van der Waals surface area contributed by atoms with Gasteiger partial charge in [0.05, 0.1) is 5.52 Å². The Balaban J connectivity index is 2.25. The van der Waals surface area contributed by atoms with Gasteiger partial charge in [-0.15, -0.1) is 0 Å². The number of benzene rings is 1. The van der Waals surface area contributed by atoms with Crippen LogP contribution >= 0.6 is 0 Å². The highest BCUT2D eigenvalue weighted by Crippen LogP contribution is 2.33. The number of hydrogen-bond donors (Lipinski definition) is 2. The standard InChI is InChI=1S/C17H25N3/c1-12(17(2,3)4)10-16(20-18)14-8-7-13-6-5-9-19-15(13)11-14/h5-9,11-12,16,20H,10,18H2,1-4H3. The summed E-state index contributed by atoms with van der Waals surface area (Å²) in [5.41, 5.74) is 5.47. The van der Waals surface area contributed by atoms with Crippen LogP contribution in [-0.4, -0.2) is 4.98 Å². The SMILES string of the molecule is CC(CC(NN)c1ccc2cccnc2c1)C(C)(C)C. The van der Waals surface area contributed by atoms with Crippen LogP contribution in [0.3, 0.4) is 0 Å². The van der Waals surface area contributed by atoms with Crippen molar-refractivity contribution in [3.63, 3.8) is 0 Å². The molecule has 2 atom stereocenters. The molecule has 0 radical (unpaired) electrons. The lowest BCUT2D eigenvalue weighted by molar-refractivity contribution is 0.223. The predicted octanol–water partition coefficient (Wildman–Crippen LogP) is 3.81. The summed E-state index contributed by atoms with van der Waals surface area (Å²) in [6.07, 6.45) is 2.84. The van der Waals surface area contributed by atoms with Crippen molar-refractivity contribution < 1.29 is 0 Å². The van der Waals surface area contributed by atoms with E-state index >= 15 is 0 Å². The number of pyridine rings is 1. The van der Waals surface area contributed by atoms with Gasteiger partial charge >= 0.3 is 0 Å². The van der Waals surface area contributed by atoms with E-state index in [1.807, 2.05) is 12.3 Å². The number of hydrogen-bond acceptors (Lipinski definition) is 3. The molecule has 0 aliphatic carbocycles. The van der Waals surface area contributed by atoms with E-state index in [9.17, 15) is 0 Å². The van der Waals surface area contributed by atoms with Crippen molar-refractivity contribution in [2.75, 3.05) is 0 Å². The van der Waals surface area contributed by atoms with Crippen LogP contribution in [0.4, 0.5) is 0 Å². The Kier molecular flexibility index (Phi) is 4.41. The number of rotatable bonds is 4. The molecule has 3 heteroatoms. The van der Waals surface area contributed by atoms with E-state index < -0.39 is 0 Å². The second kappa shape index (κ2) is 5.90. The first-order chi connectivity index (χ1) is 9.41. The molecule has 1 aromatic heterocycles. The van der Waals surface area contributed by atoms with Gasteiger partial charge in [0.25, 0.3) is 0 Å². The Bertz CT molecular complexity index is 572. The molecular formula is C17H25N3. The van der Waals surface area contributed by atoms with Crippen molar-refractivity contribution in [2.45, 2.75) is 40.2 Å². The molecule has 0 bridgehead atoms.